The Morgan fingerprint density at radius 1 is 1.33 bits per heavy atom. The van der Waals surface area contributed by atoms with Gasteiger partial charge in [-0.2, -0.15) is 0 Å². The van der Waals surface area contributed by atoms with Gasteiger partial charge in [0, 0.05) is 13.1 Å². The summed E-state index contributed by atoms with van der Waals surface area (Å²) < 4.78 is 11.7. The van der Waals surface area contributed by atoms with Crippen molar-refractivity contribution in [3.05, 3.63) is 29.8 Å². The van der Waals surface area contributed by atoms with E-state index in [-0.39, 0.29) is 12.2 Å². The molecule has 0 spiro atoms. The van der Waals surface area contributed by atoms with Crippen molar-refractivity contribution in [3.8, 4) is 5.75 Å². The highest BCUT2D eigenvalue weighted by Gasteiger charge is 2.32. The van der Waals surface area contributed by atoms with Crippen LogP contribution in [0.1, 0.15) is 32.4 Å². The molecular formula is C17H28N2O2. The first kappa shape index (κ1) is 16.3. The Labute approximate surface area is 128 Å². The number of hydrogen-bond donors (Lipinski definition) is 1. The van der Waals surface area contributed by atoms with Crippen LogP contribution in [0.25, 0.3) is 0 Å². The zero-order valence-corrected chi connectivity index (χ0v) is 13.6. The van der Waals surface area contributed by atoms with E-state index in [0.29, 0.717) is 6.04 Å². The lowest BCUT2D eigenvalue weighted by atomic mass is 9.97. The van der Waals surface area contributed by atoms with Gasteiger partial charge in [0.25, 0.3) is 0 Å². The van der Waals surface area contributed by atoms with Crippen molar-refractivity contribution in [2.24, 2.45) is 0 Å². The minimum Gasteiger partial charge on any atom is -0.491 e. The quantitative estimate of drug-likeness (QED) is 0.873. The van der Waals surface area contributed by atoms with Crippen molar-refractivity contribution in [2.45, 2.75) is 39.0 Å². The van der Waals surface area contributed by atoms with E-state index in [1.807, 2.05) is 20.9 Å². The maximum atomic E-state index is 5.98. The fourth-order valence-corrected chi connectivity index (χ4v) is 2.95. The molecule has 0 bridgehead atoms. The Morgan fingerprint density at radius 2 is 2.05 bits per heavy atom. The van der Waals surface area contributed by atoms with Crippen molar-refractivity contribution >= 4 is 0 Å². The maximum absolute atomic E-state index is 5.98. The molecule has 1 aliphatic rings. The zero-order chi connectivity index (χ0) is 15.2. The van der Waals surface area contributed by atoms with E-state index in [2.05, 4.69) is 41.4 Å². The van der Waals surface area contributed by atoms with Gasteiger partial charge in [0.15, 0.2) is 0 Å². The van der Waals surface area contributed by atoms with Gasteiger partial charge in [-0.25, -0.2) is 0 Å². The molecule has 0 aromatic heterocycles. The summed E-state index contributed by atoms with van der Waals surface area (Å²) in [6, 6.07) is 8.78. The van der Waals surface area contributed by atoms with Gasteiger partial charge in [-0.3, -0.25) is 4.90 Å². The number of hydrogen-bond acceptors (Lipinski definition) is 4. The third-order valence-electron chi connectivity index (χ3n) is 3.86. The van der Waals surface area contributed by atoms with Crippen LogP contribution in [0.3, 0.4) is 0 Å². The lowest BCUT2D eigenvalue weighted by Crippen LogP contribution is -2.48. The molecule has 1 aromatic rings. The van der Waals surface area contributed by atoms with E-state index >= 15 is 0 Å². The van der Waals surface area contributed by atoms with Gasteiger partial charge in [0.05, 0.1) is 24.9 Å². The highest BCUT2D eigenvalue weighted by molar-refractivity contribution is 5.30. The van der Waals surface area contributed by atoms with E-state index in [4.69, 9.17) is 9.47 Å². The first-order valence-electron chi connectivity index (χ1n) is 7.92. The minimum absolute atomic E-state index is 0.195. The van der Waals surface area contributed by atoms with Crippen LogP contribution < -0.4 is 10.1 Å². The van der Waals surface area contributed by atoms with Gasteiger partial charge < -0.3 is 14.8 Å². The van der Waals surface area contributed by atoms with Crippen LogP contribution in [0.5, 0.6) is 5.75 Å². The zero-order valence-electron chi connectivity index (χ0n) is 13.6. The molecular weight excluding hydrogens is 264 g/mol. The molecule has 4 nitrogen and oxygen atoms in total. The minimum atomic E-state index is 0.195. The molecule has 118 valence electrons. The van der Waals surface area contributed by atoms with Crippen molar-refractivity contribution in [1.82, 2.24) is 10.2 Å². The molecule has 21 heavy (non-hydrogen) atoms. The molecule has 0 saturated carbocycles. The summed E-state index contributed by atoms with van der Waals surface area (Å²) in [7, 11) is 1.98. The molecule has 2 atom stereocenters. The molecule has 1 fully saturated rings. The highest BCUT2D eigenvalue weighted by Crippen LogP contribution is 2.30. The Kier molecular flexibility index (Phi) is 6.03. The third-order valence-corrected chi connectivity index (χ3v) is 3.86. The molecule has 1 saturated heterocycles. The molecule has 0 aliphatic carbocycles. The van der Waals surface area contributed by atoms with Crippen molar-refractivity contribution < 1.29 is 9.47 Å². The number of rotatable bonds is 6. The molecule has 1 N–H and O–H groups in total. The van der Waals surface area contributed by atoms with Crippen molar-refractivity contribution in [2.75, 3.05) is 33.3 Å². The second-order valence-electron chi connectivity index (χ2n) is 5.78. The van der Waals surface area contributed by atoms with Crippen molar-refractivity contribution in [1.29, 1.82) is 0 Å². The SMILES string of the molecule is CCN1CCOC(CNC)C1c1ccc(OC(C)C)cc1. The van der Waals surface area contributed by atoms with E-state index in [0.717, 1.165) is 32.0 Å². The largest absolute Gasteiger partial charge is 0.491 e. The summed E-state index contributed by atoms with van der Waals surface area (Å²) in [4.78, 5) is 2.49. The Hall–Kier alpha value is -1.10. The van der Waals surface area contributed by atoms with Crippen LogP contribution in [0, 0.1) is 0 Å². The summed E-state index contributed by atoms with van der Waals surface area (Å²) in [5.74, 6) is 0.929. The molecule has 4 heteroatoms. The van der Waals surface area contributed by atoms with Gasteiger partial charge >= 0.3 is 0 Å². The first-order valence-corrected chi connectivity index (χ1v) is 7.92. The number of ether oxygens (including phenoxy) is 2. The average molecular weight is 292 g/mol. The average Bonchev–Trinajstić information content (AvgIpc) is 2.48. The molecule has 1 heterocycles. The Morgan fingerprint density at radius 3 is 2.62 bits per heavy atom. The maximum Gasteiger partial charge on any atom is 0.119 e. The van der Waals surface area contributed by atoms with Gasteiger partial charge in [-0.15, -0.1) is 0 Å². The molecule has 2 rings (SSSR count). The third kappa shape index (κ3) is 4.19. The van der Waals surface area contributed by atoms with Crippen LogP contribution in [0.2, 0.25) is 0 Å². The first-order chi connectivity index (χ1) is 10.2. The normalized spacial score (nSPS) is 23.5. The molecule has 2 unspecified atom stereocenters. The summed E-state index contributed by atoms with van der Waals surface area (Å²) >= 11 is 0. The fraction of sp³-hybridized carbons (Fsp3) is 0.647. The molecule has 0 radical (unpaired) electrons. The van der Waals surface area contributed by atoms with Crippen LogP contribution in [0.15, 0.2) is 24.3 Å². The topological polar surface area (TPSA) is 33.7 Å². The standard InChI is InChI=1S/C17H28N2O2/c1-5-19-10-11-20-16(12-18-4)17(19)14-6-8-15(9-7-14)21-13(2)3/h6-9,13,16-18H,5,10-12H2,1-4H3. The second kappa shape index (κ2) is 7.78. The van der Waals surface area contributed by atoms with Gasteiger partial charge in [0.1, 0.15) is 5.75 Å². The number of nitrogens with zero attached hydrogens (tertiary/aromatic N) is 1. The van der Waals surface area contributed by atoms with E-state index in [1.54, 1.807) is 0 Å². The predicted molar refractivity (Wildman–Crippen MR) is 85.9 cm³/mol. The Bertz CT molecular complexity index is 417. The highest BCUT2D eigenvalue weighted by atomic mass is 16.5. The van der Waals surface area contributed by atoms with Gasteiger partial charge in [-0.05, 0) is 45.1 Å². The van der Waals surface area contributed by atoms with Gasteiger partial charge in [-0.1, -0.05) is 19.1 Å². The lowest BCUT2D eigenvalue weighted by Gasteiger charge is -2.41. The number of likely N-dealkylation sites (N-methyl/N-ethyl adjacent to an activating group) is 2. The number of benzene rings is 1. The molecule has 1 aliphatic heterocycles. The summed E-state index contributed by atoms with van der Waals surface area (Å²) in [6.45, 7) is 10.0. The smallest absolute Gasteiger partial charge is 0.119 e. The lowest BCUT2D eigenvalue weighted by molar-refractivity contribution is -0.0686. The Balaban J connectivity index is 2.17. The van der Waals surface area contributed by atoms with Crippen LogP contribution >= 0.6 is 0 Å². The van der Waals surface area contributed by atoms with E-state index in [9.17, 15) is 0 Å². The van der Waals surface area contributed by atoms with Crippen LogP contribution in [-0.2, 0) is 4.74 Å². The van der Waals surface area contributed by atoms with Crippen LogP contribution in [-0.4, -0.2) is 50.4 Å². The van der Waals surface area contributed by atoms with Gasteiger partial charge in [0.2, 0.25) is 0 Å². The molecule has 0 amide bonds. The molecule has 1 aromatic carbocycles. The summed E-state index contributed by atoms with van der Waals surface area (Å²) in [5.41, 5.74) is 1.30. The van der Waals surface area contributed by atoms with Crippen LogP contribution in [0.4, 0.5) is 0 Å². The number of nitrogens with one attached hydrogen (secondary N) is 1. The second-order valence-corrected chi connectivity index (χ2v) is 5.78. The monoisotopic (exact) mass is 292 g/mol. The predicted octanol–water partition coefficient (Wildman–Crippen LogP) is 2.46. The summed E-state index contributed by atoms with van der Waals surface area (Å²) in [6.07, 6.45) is 0.401. The summed E-state index contributed by atoms with van der Waals surface area (Å²) in [5, 5.41) is 3.24. The van der Waals surface area contributed by atoms with Crippen molar-refractivity contribution in [3.63, 3.8) is 0 Å². The number of morpholine rings is 1. The van der Waals surface area contributed by atoms with E-state index in [1.165, 1.54) is 5.56 Å². The van der Waals surface area contributed by atoms with E-state index < -0.39 is 0 Å². The fourth-order valence-electron chi connectivity index (χ4n) is 2.95.